The number of H-pyrrole nitrogens is 1. The van der Waals surface area contributed by atoms with Crippen molar-refractivity contribution in [2.24, 2.45) is 0 Å². The van der Waals surface area contributed by atoms with Gasteiger partial charge in [0.05, 0.1) is 17.4 Å². The average Bonchev–Trinajstić information content (AvgIpc) is 2.70. The summed E-state index contributed by atoms with van der Waals surface area (Å²) >= 11 is 0. The van der Waals surface area contributed by atoms with E-state index in [2.05, 4.69) is 30.7 Å². The highest BCUT2D eigenvalue weighted by Crippen LogP contribution is 2.24. The van der Waals surface area contributed by atoms with Gasteiger partial charge >= 0.3 is 0 Å². The summed E-state index contributed by atoms with van der Waals surface area (Å²) in [5.74, 6) is 0.946. The van der Waals surface area contributed by atoms with Gasteiger partial charge in [-0.3, -0.25) is 9.59 Å². The number of carbonyl (C=O) groups excluding carboxylic acids is 1. The van der Waals surface area contributed by atoms with E-state index in [0.29, 0.717) is 29.0 Å². The fourth-order valence-corrected chi connectivity index (χ4v) is 3.05. The molecule has 6 nitrogen and oxygen atoms in total. The second kappa shape index (κ2) is 8.47. The maximum Gasteiger partial charge on any atom is 0.260 e. The van der Waals surface area contributed by atoms with E-state index in [9.17, 15) is 9.59 Å². The molecule has 0 atom stereocenters. The zero-order valence-electron chi connectivity index (χ0n) is 17.4. The molecule has 0 aliphatic heterocycles. The van der Waals surface area contributed by atoms with Crippen LogP contribution in [0.5, 0.6) is 5.75 Å². The molecule has 152 valence electrons. The number of carbonyl (C=O) groups is 1. The first-order chi connectivity index (χ1) is 13.8. The van der Waals surface area contributed by atoms with Crippen molar-refractivity contribution in [2.75, 3.05) is 13.2 Å². The fourth-order valence-electron chi connectivity index (χ4n) is 3.05. The zero-order valence-corrected chi connectivity index (χ0v) is 17.4. The van der Waals surface area contributed by atoms with Crippen LogP contribution in [0, 0.1) is 0 Å². The maximum atomic E-state index is 12.6. The highest BCUT2D eigenvalue weighted by atomic mass is 16.5. The van der Waals surface area contributed by atoms with Gasteiger partial charge in [-0.05, 0) is 42.2 Å². The highest BCUT2D eigenvalue weighted by molar-refractivity contribution is 5.78. The van der Waals surface area contributed by atoms with Crippen molar-refractivity contribution in [3.63, 3.8) is 0 Å². The van der Waals surface area contributed by atoms with Crippen LogP contribution in [0.25, 0.3) is 10.9 Å². The first-order valence-corrected chi connectivity index (χ1v) is 9.77. The minimum atomic E-state index is -0.204. The number of ether oxygens (including phenoxy) is 1. The van der Waals surface area contributed by atoms with Crippen LogP contribution in [-0.4, -0.2) is 33.9 Å². The van der Waals surface area contributed by atoms with E-state index >= 15 is 0 Å². The van der Waals surface area contributed by atoms with Crippen LogP contribution < -0.4 is 10.3 Å². The van der Waals surface area contributed by atoms with Gasteiger partial charge in [0.25, 0.3) is 11.5 Å². The van der Waals surface area contributed by atoms with Crippen LogP contribution in [0.15, 0.2) is 53.3 Å². The smallest absolute Gasteiger partial charge is 0.260 e. The fraction of sp³-hybridized carbons (Fsp3) is 0.348. The Morgan fingerprint density at radius 2 is 1.79 bits per heavy atom. The summed E-state index contributed by atoms with van der Waals surface area (Å²) in [6, 6.07) is 14.9. The number of nitrogens with zero attached hydrogens (tertiary/aromatic N) is 2. The Bertz CT molecular complexity index is 1050. The van der Waals surface area contributed by atoms with Gasteiger partial charge in [0.2, 0.25) is 0 Å². The number of fused-ring (bicyclic) bond motifs is 1. The van der Waals surface area contributed by atoms with Crippen LogP contribution in [-0.2, 0) is 16.8 Å². The quantitative estimate of drug-likeness (QED) is 0.694. The molecule has 3 rings (SSSR count). The van der Waals surface area contributed by atoms with E-state index < -0.39 is 0 Å². The van der Waals surface area contributed by atoms with Gasteiger partial charge in [-0.25, -0.2) is 4.98 Å². The summed E-state index contributed by atoms with van der Waals surface area (Å²) in [6.45, 7) is 8.98. The number of aromatic amines is 1. The lowest BCUT2D eigenvalue weighted by molar-refractivity contribution is -0.133. The molecule has 0 saturated heterocycles. The number of nitrogens with one attached hydrogen (secondary N) is 1. The van der Waals surface area contributed by atoms with E-state index in [4.69, 9.17) is 4.74 Å². The molecule has 0 unspecified atom stereocenters. The lowest BCUT2D eigenvalue weighted by atomic mass is 9.87. The van der Waals surface area contributed by atoms with Crippen molar-refractivity contribution in [1.82, 2.24) is 14.9 Å². The van der Waals surface area contributed by atoms with Gasteiger partial charge in [0.15, 0.2) is 6.61 Å². The molecule has 1 aromatic heterocycles. The Hall–Kier alpha value is -3.15. The summed E-state index contributed by atoms with van der Waals surface area (Å²) in [4.78, 5) is 33.7. The SMILES string of the molecule is CCN(Cc1nc2ccccc2c(=O)[nH]1)C(=O)COc1ccc(C(C)(C)C)cc1. The average molecular weight is 393 g/mol. The van der Waals surface area contributed by atoms with E-state index in [0.717, 1.165) is 0 Å². The topological polar surface area (TPSA) is 75.3 Å². The lowest BCUT2D eigenvalue weighted by Crippen LogP contribution is -2.35. The second-order valence-electron chi connectivity index (χ2n) is 8.00. The van der Waals surface area contributed by atoms with Crippen LogP contribution in [0.3, 0.4) is 0 Å². The number of para-hydroxylation sites is 1. The van der Waals surface area contributed by atoms with E-state index in [1.807, 2.05) is 37.3 Å². The number of hydrogen-bond acceptors (Lipinski definition) is 4. The molecule has 0 saturated carbocycles. The Morgan fingerprint density at radius 1 is 1.10 bits per heavy atom. The summed E-state index contributed by atoms with van der Waals surface area (Å²) in [5.41, 5.74) is 1.68. The predicted octanol–water partition coefficient (Wildman–Crippen LogP) is 3.65. The standard InChI is InChI=1S/C23H27N3O3/c1-5-26(14-20-24-19-9-7-6-8-18(19)22(28)25-20)21(27)15-29-17-12-10-16(11-13-17)23(2,3)4/h6-13H,5,14-15H2,1-4H3,(H,24,25,28). The molecule has 0 aliphatic carbocycles. The monoisotopic (exact) mass is 393 g/mol. The van der Waals surface area contributed by atoms with Gasteiger partial charge in [-0.1, -0.05) is 45.0 Å². The summed E-state index contributed by atoms with van der Waals surface area (Å²) < 4.78 is 5.67. The molecule has 0 bridgehead atoms. The molecule has 1 heterocycles. The third-order valence-corrected chi connectivity index (χ3v) is 4.82. The van der Waals surface area contributed by atoms with Gasteiger partial charge < -0.3 is 14.6 Å². The van der Waals surface area contributed by atoms with E-state index in [1.54, 1.807) is 23.1 Å². The third kappa shape index (κ3) is 5.02. The minimum absolute atomic E-state index is 0.0666. The lowest BCUT2D eigenvalue weighted by Gasteiger charge is -2.21. The first-order valence-electron chi connectivity index (χ1n) is 9.77. The predicted molar refractivity (Wildman–Crippen MR) is 114 cm³/mol. The number of rotatable bonds is 6. The molecule has 0 radical (unpaired) electrons. The molecule has 2 aromatic carbocycles. The van der Waals surface area contributed by atoms with Gasteiger partial charge in [-0.2, -0.15) is 0 Å². The number of amides is 1. The first kappa shape index (κ1) is 20.6. The molecule has 0 aliphatic rings. The molecule has 29 heavy (non-hydrogen) atoms. The molecule has 6 heteroatoms. The largest absolute Gasteiger partial charge is 0.484 e. The van der Waals surface area contributed by atoms with Crippen LogP contribution in [0.4, 0.5) is 0 Å². The summed E-state index contributed by atoms with van der Waals surface area (Å²) in [6.07, 6.45) is 0. The Kier molecular flexibility index (Phi) is 6.01. The van der Waals surface area contributed by atoms with Crippen molar-refractivity contribution < 1.29 is 9.53 Å². The van der Waals surface area contributed by atoms with Gasteiger partial charge in [-0.15, -0.1) is 0 Å². The summed E-state index contributed by atoms with van der Waals surface area (Å²) in [7, 11) is 0. The van der Waals surface area contributed by atoms with Crippen molar-refractivity contribution in [2.45, 2.75) is 39.7 Å². The molecule has 0 fully saturated rings. The summed E-state index contributed by atoms with van der Waals surface area (Å²) in [5, 5.41) is 0.535. The highest BCUT2D eigenvalue weighted by Gasteiger charge is 2.16. The Labute approximate surface area is 170 Å². The van der Waals surface area contributed by atoms with Crippen molar-refractivity contribution in [3.05, 3.63) is 70.3 Å². The van der Waals surface area contributed by atoms with Crippen LogP contribution >= 0.6 is 0 Å². The Balaban J connectivity index is 1.66. The van der Waals surface area contributed by atoms with Crippen LogP contribution in [0.2, 0.25) is 0 Å². The molecular formula is C23H27N3O3. The Morgan fingerprint density at radius 3 is 2.45 bits per heavy atom. The van der Waals surface area contributed by atoms with E-state index in [1.165, 1.54) is 5.56 Å². The van der Waals surface area contributed by atoms with E-state index in [-0.39, 0.29) is 30.0 Å². The molecular weight excluding hydrogens is 366 g/mol. The number of hydrogen-bond donors (Lipinski definition) is 1. The third-order valence-electron chi connectivity index (χ3n) is 4.82. The number of benzene rings is 2. The molecule has 0 spiro atoms. The zero-order chi connectivity index (χ0) is 21.0. The minimum Gasteiger partial charge on any atom is -0.484 e. The van der Waals surface area contributed by atoms with Gasteiger partial charge in [0, 0.05) is 6.54 Å². The number of likely N-dealkylation sites (N-methyl/N-ethyl adjacent to an activating group) is 1. The second-order valence-corrected chi connectivity index (χ2v) is 8.00. The molecule has 1 N–H and O–H groups in total. The van der Waals surface area contributed by atoms with Crippen molar-refractivity contribution in [3.8, 4) is 5.75 Å². The normalized spacial score (nSPS) is 11.4. The van der Waals surface area contributed by atoms with Gasteiger partial charge in [0.1, 0.15) is 11.6 Å². The molecule has 3 aromatic rings. The van der Waals surface area contributed by atoms with Crippen molar-refractivity contribution >= 4 is 16.8 Å². The number of aromatic nitrogens is 2. The van der Waals surface area contributed by atoms with Crippen LogP contribution in [0.1, 0.15) is 39.1 Å². The molecule has 1 amide bonds. The maximum absolute atomic E-state index is 12.6. The van der Waals surface area contributed by atoms with Crippen molar-refractivity contribution in [1.29, 1.82) is 0 Å².